The minimum absolute atomic E-state index is 0.0409. The third-order valence-corrected chi connectivity index (χ3v) is 1.86. The van der Waals surface area contributed by atoms with Crippen molar-refractivity contribution in [3.8, 4) is 0 Å². The quantitative estimate of drug-likeness (QED) is 0.668. The Morgan fingerprint density at radius 3 is 2.36 bits per heavy atom. The maximum absolute atomic E-state index is 10.9. The molecule has 0 aliphatic carbocycles. The first kappa shape index (κ1) is 13.4. The highest BCUT2D eigenvalue weighted by molar-refractivity contribution is 5.75. The lowest BCUT2D eigenvalue weighted by Gasteiger charge is -2.19. The second-order valence-electron chi connectivity index (χ2n) is 4.44. The van der Waals surface area contributed by atoms with E-state index in [0.717, 1.165) is 25.9 Å². The van der Waals surface area contributed by atoms with E-state index in [-0.39, 0.29) is 11.5 Å². The predicted octanol–water partition coefficient (Wildman–Crippen LogP) is 2.11. The molecule has 0 saturated carbocycles. The van der Waals surface area contributed by atoms with Gasteiger partial charge >= 0.3 is 0 Å². The van der Waals surface area contributed by atoms with Crippen LogP contribution in [0.4, 0.5) is 0 Å². The summed E-state index contributed by atoms with van der Waals surface area (Å²) < 4.78 is 5.56. The van der Waals surface area contributed by atoms with E-state index in [2.05, 4.69) is 26.1 Å². The summed E-state index contributed by atoms with van der Waals surface area (Å²) in [5, 5.41) is 2.61. The number of hydrogen-bond acceptors (Lipinski definition) is 2. The number of unbranched alkanes of at least 4 members (excludes halogenated alkanes) is 2. The lowest BCUT2D eigenvalue weighted by atomic mass is 10.1. The van der Waals surface area contributed by atoms with Crippen molar-refractivity contribution in [1.29, 1.82) is 0 Å². The van der Waals surface area contributed by atoms with Crippen LogP contribution in [-0.4, -0.2) is 25.2 Å². The summed E-state index contributed by atoms with van der Waals surface area (Å²) in [6.07, 6.45) is 3.68. The number of carbonyl (C=O) groups excluding carboxylic acids is 1. The molecule has 0 spiro atoms. The highest BCUT2D eigenvalue weighted by Gasteiger charge is 2.08. The van der Waals surface area contributed by atoms with Gasteiger partial charge in [0.2, 0.25) is 5.91 Å². The van der Waals surface area contributed by atoms with E-state index in [1.165, 1.54) is 0 Å². The van der Waals surface area contributed by atoms with Gasteiger partial charge in [-0.15, -0.1) is 0 Å². The molecule has 0 fully saturated rings. The Hall–Kier alpha value is -0.570. The number of hydrogen-bond donors (Lipinski definition) is 1. The number of nitrogens with one attached hydrogen (secondary N) is 1. The van der Waals surface area contributed by atoms with Crippen molar-refractivity contribution in [2.75, 3.05) is 13.7 Å². The zero-order chi connectivity index (χ0) is 11.0. The zero-order valence-electron chi connectivity index (χ0n) is 9.85. The van der Waals surface area contributed by atoms with Crippen molar-refractivity contribution < 1.29 is 9.53 Å². The summed E-state index contributed by atoms with van der Waals surface area (Å²) in [6, 6.07) is 0. The largest absolute Gasteiger partial charge is 0.376 e. The van der Waals surface area contributed by atoms with Gasteiger partial charge in [-0.05, 0) is 33.6 Å². The van der Waals surface area contributed by atoms with Crippen LogP contribution in [0.3, 0.4) is 0 Å². The van der Waals surface area contributed by atoms with Crippen LogP contribution in [0.15, 0.2) is 0 Å². The highest BCUT2D eigenvalue weighted by Crippen LogP contribution is 2.08. The summed E-state index contributed by atoms with van der Waals surface area (Å²) in [5.41, 5.74) is -0.0409. The van der Waals surface area contributed by atoms with Gasteiger partial charge in [-0.25, -0.2) is 0 Å². The van der Waals surface area contributed by atoms with Gasteiger partial charge in [0.1, 0.15) is 0 Å². The molecule has 1 N–H and O–H groups in total. The molecule has 0 aliphatic rings. The molecule has 0 aromatic heterocycles. The third-order valence-electron chi connectivity index (χ3n) is 1.86. The van der Waals surface area contributed by atoms with Gasteiger partial charge in [0.15, 0.2) is 0 Å². The summed E-state index contributed by atoms with van der Waals surface area (Å²) in [4.78, 5) is 10.9. The molecule has 14 heavy (non-hydrogen) atoms. The van der Waals surface area contributed by atoms with Crippen LogP contribution in [0.5, 0.6) is 0 Å². The van der Waals surface area contributed by atoms with E-state index < -0.39 is 0 Å². The molecule has 0 heterocycles. The van der Waals surface area contributed by atoms with Crippen molar-refractivity contribution >= 4 is 5.91 Å². The van der Waals surface area contributed by atoms with Crippen molar-refractivity contribution in [3.05, 3.63) is 0 Å². The molecule has 3 nitrogen and oxygen atoms in total. The van der Waals surface area contributed by atoms with E-state index in [9.17, 15) is 4.79 Å². The first-order chi connectivity index (χ1) is 6.45. The second-order valence-corrected chi connectivity index (χ2v) is 4.44. The molecule has 1 amide bonds. The Balaban J connectivity index is 3.18. The molecule has 0 unspecified atom stereocenters. The van der Waals surface area contributed by atoms with E-state index in [0.29, 0.717) is 6.42 Å². The van der Waals surface area contributed by atoms with Crippen molar-refractivity contribution in [1.82, 2.24) is 5.32 Å². The molecule has 0 aromatic carbocycles. The number of ether oxygens (including phenoxy) is 1. The zero-order valence-corrected chi connectivity index (χ0v) is 9.85. The van der Waals surface area contributed by atoms with Crippen LogP contribution >= 0.6 is 0 Å². The SMILES string of the molecule is CNC(=O)CCCCCOC(C)(C)C. The second kappa shape index (κ2) is 6.82. The Bertz CT molecular complexity index is 161. The van der Waals surface area contributed by atoms with Crippen molar-refractivity contribution in [3.63, 3.8) is 0 Å². The van der Waals surface area contributed by atoms with Crippen LogP contribution < -0.4 is 5.32 Å². The molecule has 0 aromatic rings. The van der Waals surface area contributed by atoms with Gasteiger partial charge in [0.25, 0.3) is 0 Å². The first-order valence-corrected chi connectivity index (χ1v) is 5.30. The topological polar surface area (TPSA) is 38.3 Å². The minimum atomic E-state index is -0.0409. The van der Waals surface area contributed by atoms with Gasteiger partial charge in [-0.2, -0.15) is 0 Å². The number of rotatable bonds is 6. The molecule has 0 bridgehead atoms. The Kier molecular flexibility index (Phi) is 6.54. The Labute approximate surface area is 87.2 Å². The molecule has 0 radical (unpaired) electrons. The first-order valence-electron chi connectivity index (χ1n) is 5.30. The van der Waals surface area contributed by atoms with Gasteiger partial charge in [-0.1, -0.05) is 6.42 Å². The predicted molar refractivity (Wildman–Crippen MR) is 58.2 cm³/mol. The highest BCUT2D eigenvalue weighted by atomic mass is 16.5. The Morgan fingerprint density at radius 1 is 1.21 bits per heavy atom. The van der Waals surface area contributed by atoms with E-state index in [1.807, 2.05) is 0 Å². The molecular formula is C11H23NO2. The molecule has 84 valence electrons. The normalized spacial score (nSPS) is 11.4. The van der Waals surface area contributed by atoms with Crippen LogP contribution in [0.25, 0.3) is 0 Å². The lowest BCUT2D eigenvalue weighted by molar-refractivity contribution is -0.120. The van der Waals surface area contributed by atoms with Gasteiger partial charge < -0.3 is 10.1 Å². The molecular weight excluding hydrogens is 178 g/mol. The van der Waals surface area contributed by atoms with E-state index in [4.69, 9.17) is 4.74 Å². The third kappa shape index (κ3) is 9.52. The molecule has 0 saturated heterocycles. The summed E-state index contributed by atoms with van der Waals surface area (Å²) >= 11 is 0. The number of amides is 1. The van der Waals surface area contributed by atoms with E-state index in [1.54, 1.807) is 7.05 Å². The maximum Gasteiger partial charge on any atom is 0.219 e. The number of carbonyl (C=O) groups is 1. The molecule has 0 atom stereocenters. The van der Waals surface area contributed by atoms with Gasteiger partial charge in [0.05, 0.1) is 5.60 Å². The maximum atomic E-state index is 10.9. The van der Waals surface area contributed by atoms with Crippen molar-refractivity contribution in [2.24, 2.45) is 0 Å². The Morgan fingerprint density at radius 2 is 1.86 bits per heavy atom. The lowest BCUT2D eigenvalue weighted by Crippen LogP contribution is -2.20. The summed E-state index contributed by atoms with van der Waals surface area (Å²) in [7, 11) is 1.67. The van der Waals surface area contributed by atoms with Gasteiger partial charge in [0, 0.05) is 20.1 Å². The average Bonchev–Trinajstić information content (AvgIpc) is 2.08. The standard InChI is InChI=1S/C11H23NO2/c1-11(2,3)14-9-7-5-6-8-10(13)12-4/h5-9H2,1-4H3,(H,12,13). The van der Waals surface area contributed by atoms with Crippen LogP contribution in [0.2, 0.25) is 0 Å². The minimum Gasteiger partial charge on any atom is -0.376 e. The fraction of sp³-hybridized carbons (Fsp3) is 0.909. The van der Waals surface area contributed by atoms with Gasteiger partial charge in [-0.3, -0.25) is 4.79 Å². The van der Waals surface area contributed by atoms with Crippen LogP contribution in [-0.2, 0) is 9.53 Å². The van der Waals surface area contributed by atoms with Crippen LogP contribution in [0, 0.1) is 0 Å². The fourth-order valence-electron chi connectivity index (χ4n) is 1.07. The smallest absolute Gasteiger partial charge is 0.219 e. The molecule has 0 rings (SSSR count). The molecule has 0 aliphatic heterocycles. The van der Waals surface area contributed by atoms with Crippen molar-refractivity contribution in [2.45, 2.75) is 52.1 Å². The monoisotopic (exact) mass is 201 g/mol. The summed E-state index contributed by atoms with van der Waals surface area (Å²) in [5.74, 6) is 0.127. The fourth-order valence-corrected chi connectivity index (χ4v) is 1.07. The average molecular weight is 201 g/mol. The summed E-state index contributed by atoms with van der Waals surface area (Å²) in [6.45, 7) is 6.95. The van der Waals surface area contributed by atoms with E-state index >= 15 is 0 Å². The molecule has 3 heteroatoms. The van der Waals surface area contributed by atoms with Crippen LogP contribution in [0.1, 0.15) is 46.5 Å².